The lowest BCUT2D eigenvalue weighted by Crippen LogP contribution is -2.52. The van der Waals surface area contributed by atoms with Crippen LogP contribution in [0, 0.1) is 0 Å². The number of benzene rings is 2. The minimum atomic E-state index is -0.770. The topological polar surface area (TPSA) is 76.7 Å². The summed E-state index contributed by atoms with van der Waals surface area (Å²) in [5.41, 5.74) is 2.12. The van der Waals surface area contributed by atoms with Crippen molar-refractivity contribution in [2.24, 2.45) is 0 Å². The number of morpholine rings is 1. The zero-order chi connectivity index (χ0) is 19.8. The highest BCUT2D eigenvalue weighted by Gasteiger charge is 2.35. The van der Waals surface area contributed by atoms with E-state index in [9.17, 15) is 9.59 Å². The van der Waals surface area contributed by atoms with E-state index >= 15 is 0 Å². The van der Waals surface area contributed by atoms with E-state index in [2.05, 4.69) is 29.7 Å². The van der Waals surface area contributed by atoms with Gasteiger partial charge in [0.1, 0.15) is 19.0 Å². The van der Waals surface area contributed by atoms with Gasteiger partial charge < -0.3 is 20.1 Å². The zero-order valence-corrected chi connectivity index (χ0v) is 16.0. The van der Waals surface area contributed by atoms with Crippen LogP contribution in [-0.2, 0) is 20.7 Å². The molecule has 2 aromatic carbocycles. The molecular formula is C22H26N2O4. The Balaban J connectivity index is 1.49. The standard InChI is InChI=1S/C22H26N2O4/c1-2-6-16-9-11-18(12-10-16)27-14-13-23-22(26)21-20(24-19(25)15-28-21)17-7-4-3-5-8-17/h3-5,7-12,20-21H,2,6,13-15H2,1H3,(H,23,26)(H,24,25)/t20-,21+/m1/s1. The van der Waals surface area contributed by atoms with Crippen molar-refractivity contribution in [1.82, 2.24) is 10.6 Å². The highest BCUT2D eigenvalue weighted by atomic mass is 16.5. The summed E-state index contributed by atoms with van der Waals surface area (Å²) >= 11 is 0. The van der Waals surface area contributed by atoms with Crippen LogP contribution in [0.15, 0.2) is 54.6 Å². The highest BCUT2D eigenvalue weighted by Crippen LogP contribution is 2.22. The summed E-state index contributed by atoms with van der Waals surface area (Å²) in [6.07, 6.45) is 1.39. The molecule has 1 saturated heterocycles. The molecule has 0 aliphatic carbocycles. The van der Waals surface area contributed by atoms with Gasteiger partial charge in [-0.25, -0.2) is 0 Å². The van der Waals surface area contributed by atoms with Crippen LogP contribution in [0.2, 0.25) is 0 Å². The first-order valence-corrected chi connectivity index (χ1v) is 9.62. The molecule has 2 aromatic rings. The van der Waals surface area contributed by atoms with Gasteiger partial charge in [-0.15, -0.1) is 0 Å². The number of aryl methyl sites for hydroxylation is 1. The number of nitrogens with one attached hydrogen (secondary N) is 2. The van der Waals surface area contributed by atoms with E-state index in [-0.39, 0.29) is 18.4 Å². The first kappa shape index (κ1) is 19.9. The van der Waals surface area contributed by atoms with Gasteiger partial charge in [0.25, 0.3) is 5.91 Å². The molecule has 0 spiro atoms. The molecule has 2 N–H and O–H groups in total. The highest BCUT2D eigenvalue weighted by molar-refractivity contribution is 5.86. The predicted molar refractivity (Wildman–Crippen MR) is 106 cm³/mol. The Morgan fingerprint density at radius 2 is 1.93 bits per heavy atom. The summed E-state index contributed by atoms with van der Waals surface area (Å²) in [5, 5.41) is 5.67. The fourth-order valence-corrected chi connectivity index (χ4v) is 3.18. The molecule has 6 nitrogen and oxygen atoms in total. The lowest BCUT2D eigenvalue weighted by atomic mass is 9.99. The van der Waals surface area contributed by atoms with Crippen LogP contribution in [0.5, 0.6) is 5.75 Å². The maximum Gasteiger partial charge on any atom is 0.251 e. The summed E-state index contributed by atoms with van der Waals surface area (Å²) in [4.78, 5) is 24.3. The molecule has 2 atom stereocenters. The van der Waals surface area contributed by atoms with Gasteiger partial charge in [-0.1, -0.05) is 55.8 Å². The van der Waals surface area contributed by atoms with Crippen molar-refractivity contribution in [2.75, 3.05) is 19.8 Å². The van der Waals surface area contributed by atoms with Gasteiger partial charge in [0.15, 0.2) is 6.10 Å². The lowest BCUT2D eigenvalue weighted by molar-refractivity contribution is -0.148. The van der Waals surface area contributed by atoms with E-state index in [1.165, 1.54) is 5.56 Å². The van der Waals surface area contributed by atoms with E-state index in [0.29, 0.717) is 13.2 Å². The molecule has 0 unspecified atom stereocenters. The fourth-order valence-electron chi connectivity index (χ4n) is 3.18. The number of hydrogen-bond acceptors (Lipinski definition) is 4. The lowest BCUT2D eigenvalue weighted by Gasteiger charge is -2.31. The molecule has 1 fully saturated rings. The average Bonchev–Trinajstić information content (AvgIpc) is 2.73. The molecule has 0 radical (unpaired) electrons. The Hall–Kier alpha value is -2.86. The monoisotopic (exact) mass is 382 g/mol. The van der Waals surface area contributed by atoms with Crippen LogP contribution in [0.1, 0.15) is 30.5 Å². The van der Waals surface area contributed by atoms with Gasteiger partial charge in [-0.3, -0.25) is 9.59 Å². The van der Waals surface area contributed by atoms with Gasteiger partial charge in [-0.2, -0.15) is 0 Å². The molecule has 2 amide bonds. The Kier molecular flexibility index (Phi) is 7.03. The number of carbonyl (C=O) groups is 2. The normalized spacial score (nSPS) is 19.0. The smallest absolute Gasteiger partial charge is 0.251 e. The van der Waals surface area contributed by atoms with Crippen molar-refractivity contribution in [3.05, 3.63) is 65.7 Å². The van der Waals surface area contributed by atoms with Crippen molar-refractivity contribution >= 4 is 11.8 Å². The SMILES string of the molecule is CCCc1ccc(OCCNC(=O)[C@H]2OCC(=O)N[C@@H]2c2ccccc2)cc1. The van der Waals surface area contributed by atoms with Crippen LogP contribution in [0.3, 0.4) is 0 Å². The molecule has 1 heterocycles. The molecule has 0 aromatic heterocycles. The largest absolute Gasteiger partial charge is 0.492 e. The van der Waals surface area contributed by atoms with Crippen molar-refractivity contribution in [3.8, 4) is 5.75 Å². The summed E-state index contributed by atoms with van der Waals surface area (Å²) in [7, 11) is 0. The second-order valence-electron chi connectivity index (χ2n) is 6.72. The van der Waals surface area contributed by atoms with Crippen LogP contribution in [0.4, 0.5) is 0 Å². The third-order valence-electron chi connectivity index (χ3n) is 4.56. The van der Waals surface area contributed by atoms with Crippen LogP contribution in [-0.4, -0.2) is 37.7 Å². The summed E-state index contributed by atoms with van der Waals surface area (Å²) < 4.78 is 11.2. The van der Waals surface area contributed by atoms with Crippen LogP contribution >= 0.6 is 0 Å². The van der Waals surface area contributed by atoms with E-state index < -0.39 is 12.1 Å². The van der Waals surface area contributed by atoms with E-state index in [4.69, 9.17) is 9.47 Å². The maximum absolute atomic E-state index is 12.6. The second-order valence-corrected chi connectivity index (χ2v) is 6.72. The molecule has 148 valence electrons. The van der Waals surface area contributed by atoms with Gasteiger partial charge in [0.2, 0.25) is 5.91 Å². The van der Waals surface area contributed by atoms with Crippen LogP contribution < -0.4 is 15.4 Å². The zero-order valence-electron chi connectivity index (χ0n) is 16.0. The molecule has 0 bridgehead atoms. The van der Waals surface area contributed by atoms with Crippen molar-refractivity contribution < 1.29 is 19.1 Å². The van der Waals surface area contributed by atoms with E-state index in [0.717, 1.165) is 24.2 Å². The minimum absolute atomic E-state index is 0.123. The number of ether oxygens (including phenoxy) is 2. The molecule has 28 heavy (non-hydrogen) atoms. The summed E-state index contributed by atoms with van der Waals surface area (Å²) in [5.74, 6) is 0.279. The Morgan fingerprint density at radius 3 is 2.64 bits per heavy atom. The predicted octanol–water partition coefficient (Wildman–Crippen LogP) is 2.39. The Morgan fingerprint density at radius 1 is 1.18 bits per heavy atom. The van der Waals surface area contributed by atoms with Gasteiger partial charge >= 0.3 is 0 Å². The second kappa shape index (κ2) is 9.90. The maximum atomic E-state index is 12.6. The van der Waals surface area contributed by atoms with E-state index in [1.807, 2.05) is 42.5 Å². The molecule has 1 aliphatic rings. The first-order valence-electron chi connectivity index (χ1n) is 9.62. The Bertz CT molecular complexity index is 777. The number of rotatable bonds is 8. The van der Waals surface area contributed by atoms with E-state index in [1.54, 1.807) is 0 Å². The van der Waals surface area contributed by atoms with Gasteiger partial charge in [0, 0.05) is 0 Å². The molecule has 0 saturated carbocycles. The summed E-state index contributed by atoms with van der Waals surface area (Å²) in [6.45, 7) is 2.73. The molecular weight excluding hydrogens is 356 g/mol. The molecule has 1 aliphatic heterocycles. The minimum Gasteiger partial charge on any atom is -0.492 e. The molecule has 6 heteroatoms. The number of carbonyl (C=O) groups excluding carboxylic acids is 2. The average molecular weight is 382 g/mol. The van der Waals surface area contributed by atoms with Crippen LogP contribution in [0.25, 0.3) is 0 Å². The van der Waals surface area contributed by atoms with Crippen molar-refractivity contribution in [1.29, 1.82) is 0 Å². The van der Waals surface area contributed by atoms with Gasteiger partial charge in [0.05, 0.1) is 12.6 Å². The third-order valence-corrected chi connectivity index (χ3v) is 4.56. The number of hydrogen-bond donors (Lipinski definition) is 2. The Labute approximate surface area is 165 Å². The fraction of sp³-hybridized carbons (Fsp3) is 0.364. The first-order chi connectivity index (χ1) is 13.7. The summed E-state index contributed by atoms with van der Waals surface area (Å²) in [6, 6.07) is 16.8. The van der Waals surface area contributed by atoms with Crippen molar-refractivity contribution in [3.63, 3.8) is 0 Å². The third kappa shape index (κ3) is 5.33. The molecule has 3 rings (SSSR count). The quantitative estimate of drug-likeness (QED) is 0.688. The van der Waals surface area contributed by atoms with Gasteiger partial charge in [-0.05, 0) is 29.7 Å². The number of amides is 2. The van der Waals surface area contributed by atoms with Crippen molar-refractivity contribution in [2.45, 2.75) is 31.9 Å².